The number of aromatic amines is 1. The predicted octanol–water partition coefficient (Wildman–Crippen LogP) is 3.20. The summed E-state index contributed by atoms with van der Waals surface area (Å²) in [6.07, 6.45) is 7.25. The van der Waals surface area contributed by atoms with Crippen molar-refractivity contribution in [3.8, 4) is 0 Å². The van der Waals surface area contributed by atoms with Crippen LogP contribution in [0.5, 0.6) is 0 Å². The van der Waals surface area contributed by atoms with Crippen LogP contribution in [-0.2, 0) is 0 Å². The fourth-order valence-corrected chi connectivity index (χ4v) is 3.37. The van der Waals surface area contributed by atoms with E-state index in [2.05, 4.69) is 40.8 Å². The molecule has 0 spiro atoms. The van der Waals surface area contributed by atoms with E-state index in [4.69, 9.17) is 12.2 Å². The third kappa shape index (κ3) is 1.39. The van der Waals surface area contributed by atoms with Gasteiger partial charge in [-0.25, -0.2) is 0 Å². The van der Waals surface area contributed by atoms with E-state index < -0.39 is 0 Å². The van der Waals surface area contributed by atoms with Gasteiger partial charge in [0.05, 0.1) is 0 Å². The summed E-state index contributed by atoms with van der Waals surface area (Å²) in [6, 6.07) is 0.540. The topological polar surface area (TPSA) is 33.6 Å². The van der Waals surface area contributed by atoms with Crippen molar-refractivity contribution >= 4 is 12.2 Å². The van der Waals surface area contributed by atoms with Gasteiger partial charge in [-0.05, 0) is 36.9 Å². The molecule has 0 aliphatic heterocycles. The number of nitrogens with zero attached hydrogens (tertiary/aromatic N) is 2. The van der Waals surface area contributed by atoms with Gasteiger partial charge in [0.15, 0.2) is 4.77 Å². The zero-order chi connectivity index (χ0) is 11.3. The molecule has 0 aromatic carbocycles. The van der Waals surface area contributed by atoms with Crippen LogP contribution < -0.4 is 0 Å². The van der Waals surface area contributed by atoms with E-state index in [9.17, 15) is 0 Å². The van der Waals surface area contributed by atoms with Crippen molar-refractivity contribution in [3.05, 3.63) is 22.7 Å². The molecule has 86 valence electrons. The Labute approximate surface area is 101 Å². The fraction of sp³-hybridized carbons (Fsp3) is 0.667. The molecule has 2 bridgehead atoms. The van der Waals surface area contributed by atoms with E-state index in [1.54, 1.807) is 0 Å². The highest BCUT2D eigenvalue weighted by Gasteiger charge is 2.38. The van der Waals surface area contributed by atoms with Crippen LogP contribution in [0, 0.1) is 16.6 Å². The molecule has 1 aromatic rings. The summed E-state index contributed by atoms with van der Waals surface area (Å²) >= 11 is 5.37. The molecule has 3 rings (SSSR count). The quantitative estimate of drug-likeness (QED) is 0.631. The van der Waals surface area contributed by atoms with Gasteiger partial charge in [-0.15, -0.1) is 0 Å². The normalized spacial score (nSPS) is 31.8. The maximum absolute atomic E-state index is 5.37. The lowest BCUT2D eigenvalue weighted by Gasteiger charge is -2.22. The number of aromatic nitrogens is 3. The minimum absolute atomic E-state index is 0.427. The van der Waals surface area contributed by atoms with Crippen LogP contribution in [0.15, 0.2) is 12.2 Å². The molecule has 2 aliphatic rings. The van der Waals surface area contributed by atoms with E-state index in [0.717, 1.165) is 16.5 Å². The molecule has 0 unspecified atom stereocenters. The van der Waals surface area contributed by atoms with E-state index in [-0.39, 0.29) is 0 Å². The number of fused-ring (bicyclic) bond motifs is 2. The molecule has 1 fully saturated rings. The molecular formula is C12H17N3S. The van der Waals surface area contributed by atoms with E-state index >= 15 is 0 Å². The predicted molar refractivity (Wildman–Crippen MR) is 65.9 cm³/mol. The number of allylic oxidation sites excluding steroid dienone is 2. The zero-order valence-electron chi connectivity index (χ0n) is 9.68. The lowest BCUT2D eigenvalue weighted by Crippen LogP contribution is -2.17. The van der Waals surface area contributed by atoms with Crippen LogP contribution in [0.3, 0.4) is 0 Å². The molecule has 0 radical (unpaired) electrons. The van der Waals surface area contributed by atoms with Crippen molar-refractivity contribution in [3.63, 3.8) is 0 Å². The van der Waals surface area contributed by atoms with Gasteiger partial charge in [-0.3, -0.25) is 5.10 Å². The first-order chi connectivity index (χ1) is 7.66. The number of H-pyrrole nitrogens is 1. The van der Waals surface area contributed by atoms with Gasteiger partial charge in [0.2, 0.25) is 0 Å². The van der Waals surface area contributed by atoms with Crippen molar-refractivity contribution in [1.29, 1.82) is 0 Å². The Morgan fingerprint density at radius 2 is 2.25 bits per heavy atom. The summed E-state index contributed by atoms with van der Waals surface area (Å²) in [5.41, 5.74) is 0. The van der Waals surface area contributed by atoms with Crippen molar-refractivity contribution in [2.45, 2.75) is 38.6 Å². The third-order valence-electron chi connectivity index (χ3n) is 3.82. The standard InChI is InChI=1S/C12H17N3S/c1-7(2)11-13-14-12(16)15(11)10-6-8-3-4-9(10)5-8/h3-4,7-10H,5-6H2,1-2H3,(H,14,16)/t8-,9+,10-/m1/s1. The van der Waals surface area contributed by atoms with Gasteiger partial charge >= 0.3 is 0 Å². The Balaban J connectivity index is 2.03. The summed E-state index contributed by atoms with van der Waals surface area (Å²) in [5, 5.41) is 7.31. The maximum atomic E-state index is 5.37. The number of hydrogen-bond donors (Lipinski definition) is 1. The second-order valence-electron chi connectivity index (χ2n) is 5.26. The Morgan fingerprint density at radius 1 is 1.44 bits per heavy atom. The lowest BCUT2D eigenvalue weighted by atomic mass is 10.0. The second-order valence-corrected chi connectivity index (χ2v) is 5.65. The molecule has 16 heavy (non-hydrogen) atoms. The molecule has 1 aromatic heterocycles. The first-order valence-electron chi connectivity index (χ1n) is 6.02. The summed E-state index contributed by atoms with van der Waals surface area (Å²) in [5.74, 6) is 2.98. The smallest absolute Gasteiger partial charge is 0.195 e. The van der Waals surface area contributed by atoms with E-state index in [1.807, 2.05) is 0 Å². The van der Waals surface area contributed by atoms with Gasteiger partial charge in [0, 0.05) is 12.0 Å². The molecule has 3 nitrogen and oxygen atoms in total. The molecule has 3 atom stereocenters. The Morgan fingerprint density at radius 3 is 2.81 bits per heavy atom. The molecule has 4 heteroatoms. The van der Waals surface area contributed by atoms with Gasteiger partial charge < -0.3 is 4.57 Å². The largest absolute Gasteiger partial charge is 0.300 e. The molecule has 2 aliphatic carbocycles. The van der Waals surface area contributed by atoms with Crippen LogP contribution in [-0.4, -0.2) is 14.8 Å². The average Bonchev–Trinajstić information content (AvgIpc) is 2.90. The Hall–Kier alpha value is -0.900. The first-order valence-corrected chi connectivity index (χ1v) is 6.42. The van der Waals surface area contributed by atoms with Crippen molar-refractivity contribution in [1.82, 2.24) is 14.8 Å². The highest BCUT2D eigenvalue weighted by molar-refractivity contribution is 7.71. The number of rotatable bonds is 2. The van der Waals surface area contributed by atoms with Crippen LogP contribution in [0.1, 0.15) is 44.5 Å². The average molecular weight is 235 g/mol. The highest BCUT2D eigenvalue weighted by atomic mass is 32.1. The van der Waals surface area contributed by atoms with E-state index in [0.29, 0.717) is 17.9 Å². The van der Waals surface area contributed by atoms with E-state index in [1.165, 1.54) is 12.8 Å². The minimum Gasteiger partial charge on any atom is -0.300 e. The van der Waals surface area contributed by atoms with Crippen molar-refractivity contribution < 1.29 is 0 Å². The van der Waals surface area contributed by atoms with Gasteiger partial charge in [0.1, 0.15) is 5.82 Å². The second kappa shape index (κ2) is 3.55. The van der Waals surface area contributed by atoms with Crippen LogP contribution in [0.4, 0.5) is 0 Å². The third-order valence-corrected chi connectivity index (χ3v) is 4.11. The first kappa shape index (κ1) is 10.3. The molecule has 0 saturated heterocycles. The summed E-state index contributed by atoms with van der Waals surface area (Å²) in [6.45, 7) is 4.34. The number of hydrogen-bond acceptors (Lipinski definition) is 2. The van der Waals surface area contributed by atoms with Gasteiger partial charge in [0.25, 0.3) is 0 Å². The van der Waals surface area contributed by atoms with Gasteiger partial charge in [-0.2, -0.15) is 5.10 Å². The molecule has 1 N–H and O–H groups in total. The van der Waals surface area contributed by atoms with Crippen molar-refractivity contribution in [2.75, 3.05) is 0 Å². The molecule has 1 saturated carbocycles. The van der Waals surface area contributed by atoms with Crippen LogP contribution >= 0.6 is 12.2 Å². The highest BCUT2D eigenvalue weighted by Crippen LogP contribution is 2.46. The summed E-state index contributed by atoms with van der Waals surface area (Å²) in [4.78, 5) is 0. The lowest BCUT2D eigenvalue weighted by molar-refractivity contribution is 0.409. The Kier molecular flexibility index (Phi) is 2.28. The van der Waals surface area contributed by atoms with Crippen LogP contribution in [0.25, 0.3) is 0 Å². The fourth-order valence-electron chi connectivity index (χ4n) is 3.09. The minimum atomic E-state index is 0.427. The van der Waals surface area contributed by atoms with Crippen LogP contribution in [0.2, 0.25) is 0 Å². The Bertz CT molecular complexity index is 483. The molecule has 0 amide bonds. The summed E-state index contributed by atoms with van der Waals surface area (Å²) in [7, 11) is 0. The zero-order valence-corrected chi connectivity index (χ0v) is 10.5. The summed E-state index contributed by atoms with van der Waals surface area (Å²) < 4.78 is 3.04. The van der Waals surface area contributed by atoms with Crippen molar-refractivity contribution in [2.24, 2.45) is 11.8 Å². The monoisotopic (exact) mass is 235 g/mol. The molecule has 1 heterocycles. The maximum Gasteiger partial charge on any atom is 0.195 e. The SMILES string of the molecule is CC(C)c1n[nH]c(=S)n1[C@@H]1C[C@@H]2C=C[C@H]1C2. The van der Waals surface area contributed by atoms with Gasteiger partial charge in [-0.1, -0.05) is 26.0 Å². The molecular weight excluding hydrogens is 218 g/mol. The number of nitrogens with one attached hydrogen (secondary N) is 1.